The summed E-state index contributed by atoms with van der Waals surface area (Å²) in [6, 6.07) is 23.5. The van der Waals surface area contributed by atoms with Crippen molar-refractivity contribution in [2.45, 2.75) is 64.9 Å². The van der Waals surface area contributed by atoms with Crippen molar-refractivity contribution < 1.29 is 14.3 Å². The number of nitrogens with zero attached hydrogens (tertiary/aromatic N) is 1. The minimum absolute atomic E-state index is 0.0217. The topological polar surface area (TPSA) is 58.6 Å². The lowest BCUT2D eigenvalue weighted by Crippen LogP contribution is -2.52. The second-order valence-electron chi connectivity index (χ2n) is 9.89. The molecule has 3 aromatic carbocycles. The molecule has 202 valence electrons. The van der Waals surface area contributed by atoms with Crippen molar-refractivity contribution in [1.82, 2.24) is 10.2 Å². The van der Waals surface area contributed by atoms with Gasteiger partial charge in [0.15, 0.2) is 0 Å². The minimum Gasteiger partial charge on any atom is -0.497 e. The molecule has 0 aliphatic heterocycles. The van der Waals surface area contributed by atoms with Gasteiger partial charge in [-0.2, -0.15) is 0 Å². The molecule has 3 rings (SSSR count). The highest BCUT2D eigenvalue weighted by molar-refractivity contribution is 7.99. The van der Waals surface area contributed by atoms with Gasteiger partial charge in [0.1, 0.15) is 11.8 Å². The van der Waals surface area contributed by atoms with E-state index < -0.39 is 6.04 Å². The highest BCUT2D eigenvalue weighted by Gasteiger charge is 2.31. The molecule has 0 fully saturated rings. The fraction of sp³-hybridized carbons (Fsp3) is 0.375. The third-order valence-electron chi connectivity index (χ3n) is 6.53. The van der Waals surface area contributed by atoms with Gasteiger partial charge < -0.3 is 15.0 Å². The van der Waals surface area contributed by atoms with E-state index in [2.05, 4.69) is 37.4 Å². The largest absolute Gasteiger partial charge is 0.497 e. The monoisotopic (exact) mass is 532 g/mol. The summed E-state index contributed by atoms with van der Waals surface area (Å²) in [5, 5.41) is 3.12. The average Bonchev–Trinajstić information content (AvgIpc) is 2.90. The van der Waals surface area contributed by atoms with Crippen LogP contribution in [0.25, 0.3) is 0 Å². The second-order valence-corrected chi connectivity index (χ2v) is 10.9. The van der Waals surface area contributed by atoms with Gasteiger partial charge in [-0.15, -0.1) is 11.8 Å². The Kier molecular flexibility index (Phi) is 11.3. The third-order valence-corrected chi connectivity index (χ3v) is 7.52. The van der Waals surface area contributed by atoms with Crippen LogP contribution in [0.4, 0.5) is 0 Å². The summed E-state index contributed by atoms with van der Waals surface area (Å²) < 4.78 is 5.41. The van der Waals surface area contributed by atoms with E-state index in [-0.39, 0.29) is 17.9 Å². The van der Waals surface area contributed by atoms with Gasteiger partial charge in [-0.05, 0) is 56.0 Å². The molecule has 2 amide bonds. The Bertz CT molecular complexity index is 1180. The SMILES string of the molecule is CC[C@@H](C)NC(=O)[C@H](Cc1ccccc1)N(Cc1cccc(OC)c1)C(=O)CSCc1cc(C)cc(C)c1. The summed E-state index contributed by atoms with van der Waals surface area (Å²) in [6.45, 7) is 8.54. The molecule has 0 radical (unpaired) electrons. The van der Waals surface area contributed by atoms with Crippen LogP contribution < -0.4 is 10.1 Å². The maximum Gasteiger partial charge on any atom is 0.243 e. The maximum atomic E-state index is 13.8. The van der Waals surface area contributed by atoms with E-state index in [1.165, 1.54) is 16.7 Å². The van der Waals surface area contributed by atoms with Crippen LogP contribution in [0.5, 0.6) is 5.75 Å². The van der Waals surface area contributed by atoms with Crippen LogP contribution >= 0.6 is 11.8 Å². The van der Waals surface area contributed by atoms with E-state index in [9.17, 15) is 9.59 Å². The number of carbonyl (C=O) groups is 2. The first-order valence-corrected chi connectivity index (χ1v) is 14.4. The number of aryl methyl sites for hydroxylation is 2. The molecule has 0 bridgehead atoms. The van der Waals surface area contributed by atoms with E-state index in [0.29, 0.717) is 18.7 Å². The fourth-order valence-corrected chi connectivity index (χ4v) is 5.30. The van der Waals surface area contributed by atoms with E-state index in [1.807, 2.05) is 68.4 Å². The van der Waals surface area contributed by atoms with E-state index >= 15 is 0 Å². The molecule has 0 saturated heterocycles. The predicted molar refractivity (Wildman–Crippen MR) is 157 cm³/mol. The molecule has 0 aliphatic carbocycles. The average molecular weight is 533 g/mol. The third kappa shape index (κ3) is 8.95. The number of thioether (sulfide) groups is 1. The Morgan fingerprint density at radius 1 is 0.921 bits per heavy atom. The lowest BCUT2D eigenvalue weighted by atomic mass is 10.0. The molecule has 0 aromatic heterocycles. The van der Waals surface area contributed by atoms with Gasteiger partial charge in [0.25, 0.3) is 0 Å². The van der Waals surface area contributed by atoms with Crippen LogP contribution in [-0.2, 0) is 28.3 Å². The molecule has 0 heterocycles. The smallest absolute Gasteiger partial charge is 0.243 e. The minimum atomic E-state index is -0.632. The zero-order valence-electron chi connectivity index (χ0n) is 23.2. The standard InChI is InChI=1S/C32H40N2O3S/c1-6-25(4)33-32(36)30(19-26-11-8-7-9-12-26)34(20-27-13-10-14-29(18-27)37-5)31(35)22-38-21-28-16-23(2)15-24(3)17-28/h7-18,25,30H,6,19-22H2,1-5H3,(H,33,36)/t25-,30+/m1/s1. The van der Waals surface area contributed by atoms with E-state index in [0.717, 1.165) is 29.1 Å². The number of benzene rings is 3. The Hall–Kier alpha value is -3.25. The Morgan fingerprint density at radius 2 is 1.61 bits per heavy atom. The molecule has 2 atom stereocenters. The van der Waals surface area contributed by atoms with Crippen LogP contribution in [0, 0.1) is 13.8 Å². The summed E-state index contributed by atoms with van der Waals surface area (Å²) in [5.41, 5.74) is 5.58. The van der Waals surface area contributed by atoms with Crippen molar-refractivity contribution >= 4 is 23.6 Å². The predicted octanol–water partition coefficient (Wildman–Crippen LogP) is 6.10. The molecule has 38 heavy (non-hydrogen) atoms. The number of methoxy groups -OCH3 is 1. The van der Waals surface area contributed by atoms with Crippen LogP contribution in [0.2, 0.25) is 0 Å². The summed E-state index contributed by atoms with van der Waals surface area (Å²) in [5.74, 6) is 1.58. The van der Waals surface area contributed by atoms with Crippen molar-refractivity contribution in [3.05, 3.63) is 101 Å². The van der Waals surface area contributed by atoms with Crippen molar-refractivity contribution in [2.75, 3.05) is 12.9 Å². The Morgan fingerprint density at radius 3 is 2.26 bits per heavy atom. The first-order chi connectivity index (χ1) is 18.3. The van der Waals surface area contributed by atoms with Gasteiger partial charge >= 0.3 is 0 Å². The Labute approximate surface area is 232 Å². The molecule has 0 aliphatic rings. The zero-order chi connectivity index (χ0) is 27.5. The van der Waals surface area contributed by atoms with Crippen molar-refractivity contribution in [2.24, 2.45) is 0 Å². The van der Waals surface area contributed by atoms with E-state index in [4.69, 9.17) is 4.74 Å². The van der Waals surface area contributed by atoms with Gasteiger partial charge in [-0.1, -0.05) is 78.7 Å². The molecule has 5 nitrogen and oxygen atoms in total. The quantitative estimate of drug-likeness (QED) is 0.289. The molecule has 0 unspecified atom stereocenters. The number of rotatable bonds is 13. The summed E-state index contributed by atoms with van der Waals surface area (Å²) in [4.78, 5) is 29.2. The van der Waals surface area contributed by atoms with Crippen LogP contribution in [0.1, 0.15) is 48.1 Å². The van der Waals surface area contributed by atoms with Crippen LogP contribution in [0.15, 0.2) is 72.8 Å². The summed E-state index contributed by atoms with van der Waals surface area (Å²) in [6.07, 6.45) is 1.26. The molecule has 3 aromatic rings. The van der Waals surface area contributed by atoms with Crippen LogP contribution in [0.3, 0.4) is 0 Å². The van der Waals surface area contributed by atoms with Gasteiger partial charge in [-0.25, -0.2) is 0 Å². The highest BCUT2D eigenvalue weighted by Crippen LogP contribution is 2.21. The van der Waals surface area contributed by atoms with Gasteiger partial charge in [-0.3, -0.25) is 9.59 Å². The number of amides is 2. The fourth-order valence-electron chi connectivity index (χ4n) is 4.45. The van der Waals surface area contributed by atoms with Crippen molar-refractivity contribution in [1.29, 1.82) is 0 Å². The van der Waals surface area contributed by atoms with Gasteiger partial charge in [0.05, 0.1) is 12.9 Å². The molecular formula is C32H40N2O3S. The molecule has 1 N–H and O–H groups in total. The maximum absolute atomic E-state index is 13.8. The lowest BCUT2D eigenvalue weighted by Gasteiger charge is -2.32. The summed E-state index contributed by atoms with van der Waals surface area (Å²) in [7, 11) is 1.63. The van der Waals surface area contributed by atoms with Crippen LogP contribution in [-0.4, -0.2) is 41.7 Å². The Balaban J connectivity index is 1.88. The van der Waals surface area contributed by atoms with Gasteiger partial charge in [0, 0.05) is 24.8 Å². The number of ether oxygens (including phenoxy) is 1. The second kappa shape index (κ2) is 14.6. The van der Waals surface area contributed by atoms with Crippen molar-refractivity contribution in [3.63, 3.8) is 0 Å². The number of hydrogen-bond acceptors (Lipinski definition) is 4. The lowest BCUT2D eigenvalue weighted by molar-refractivity contribution is -0.139. The van der Waals surface area contributed by atoms with Crippen molar-refractivity contribution in [3.8, 4) is 5.75 Å². The number of nitrogens with one attached hydrogen (secondary N) is 1. The van der Waals surface area contributed by atoms with Gasteiger partial charge in [0.2, 0.25) is 11.8 Å². The molecule has 0 saturated carbocycles. The normalized spacial score (nSPS) is 12.4. The number of hydrogen-bond donors (Lipinski definition) is 1. The summed E-state index contributed by atoms with van der Waals surface area (Å²) >= 11 is 1.58. The zero-order valence-corrected chi connectivity index (χ0v) is 24.0. The number of carbonyl (C=O) groups excluding carboxylic acids is 2. The molecule has 0 spiro atoms. The molecule has 6 heteroatoms. The first kappa shape index (κ1) is 29.3. The highest BCUT2D eigenvalue weighted by atomic mass is 32.2. The molecular weight excluding hydrogens is 492 g/mol. The first-order valence-electron chi connectivity index (χ1n) is 13.2. The van der Waals surface area contributed by atoms with E-state index in [1.54, 1.807) is 23.8 Å².